The molecule has 144 valence electrons. The van der Waals surface area contributed by atoms with Crippen molar-refractivity contribution in [3.05, 3.63) is 29.3 Å². The number of piperidine rings is 1. The monoisotopic (exact) mass is 401 g/mol. The van der Waals surface area contributed by atoms with Crippen LogP contribution in [0.15, 0.2) is 24.3 Å². The maximum absolute atomic E-state index is 12.3. The molecule has 1 aliphatic rings. The highest BCUT2D eigenvalue weighted by Gasteiger charge is 2.26. The summed E-state index contributed by atoms with van der Waals surface area (Å²) in [6.07, 6.45) is 2.93. The second-order valence-electron chi connectivity index (χ2n) is 6.48. The summed E-state index contributed by atoms with van der Waals surface area (Å²) in [5.74, 6) is -0.516. The van der Waals surface area contributed by atoms with Crippen molar-refractivity contribution in [2.45, 2.75) is 25.7 Å². The predicted octanol–water partition coefficient (Wildman–Crippen LogP) is 1.61. The molecule has 0 aromatic heterocycles. The summed E-state index contributed by atoms with van der Waals surface area (Å²) in [6.45, 7) is 1.22. The lowest BCUT2D eigenvalue weighted by molar-refractivity contribution is -0.134. The fourth-order valence-electron chi connectivity index (χ4n) is 3.06. The zero-order valence-electron chi connectivity index (χ0n) is 14.7. The van der Waals surface area contributed by atoms with E-state index in [1.165, 1.54) is 4.31 Å². The average Bonchev–Trinajstić information content (AvgIpc) is 2.57. The van der Waals surface area contributed by atoms with Crippen LogP contribution in [0.1, 0.15) is 25.7 Å². The number of rotatable bonds is 7. The van der Waals surface area contributed by atoms with Crippen molar-refractivity contribution in [2.75, 3.05) is 30.2 Å². The third-order valence-corrected chi connectivity index (χ3v) is 5.93. The van der Waals surface area contributed by atoms with Crippen LogP contribution >= 0.6 is 11.6 Å². The molecule has 1 aromatic rings. The van der Waals surface area contributed by atoms with Gasteiger partial charge in [0.1, 0.15) is 0 Å². The highest BCUT2D eigenvalue weighted by atomic mass is 35.5. The van der Waals surface area contributed by atoms with E-state index in [0.717, 1.165) is 6.26 Å². The molecule has 1 fully saturated rings. The Morgan fingerprint density at radius 1 is 1.31 bits per heavy atom. The Hall–Kier alpha value is -1.80. The normalized spacial score (nSPS) is 15.7. The van der Waals surface area contributed by atoms with Gasteiger partial charge in [-0.1, -0.05) is 17.7 Å². The molecule has 0 bridgehead atoms. The number of likely N-dealkylation sites (tertiary alicyclic amines) is 1. The number of nitrogens with two attached hydrogens (primary N) is 1. The van der Waals surface area contributed by atoms with Gasteiger partial charge in [-0.25, -0.2) is 8.42 Å². The molecule has 0 saturated carbocycles. The SMILES string of the molecule is CS(=O)(=O)N(CCCC(=O)N1CCC(C(N)=O)CC1)c1cccc(Cl)c1. The Bertz CT molecular complexity index is 761. The average molecular weight is 402 g/mol. The number of benzene rings is 1. The number of nitrogens with zero attached hydrogens (tertiary/aromatic N) is 2. The Morgan fingerprint density at radius 3 is 2.50 bits per heavy atom. The van der Waals surface area contributed by atoms with E-state index in [4.69, 9.17) is 17.3 Å². The van der Waals surface area contributed by atoms with Gasteiger partial charge in [-0.05, 0) is 37.5 Å². The van der Waals surface area contributed by atoms with E-state index >= 15 is 0 Å². The fourth-order valence-corrected chi connectivity index (χ4v) is 4.20. The summed E-state index contributed by atoms with van der Waals surface area (Å²) in [5, 5.41) is 0.449. The van der Waals surface area contributed by atoms with Crippen LogP contribution < -0.4 is 10.0 Å². The van der Waals surface area contributed by atoms with Crippen molar-refractivity contribution in [1.29, 1.82) is 0 Å². The van der Waals surface area contributed by atoms with Crippen LogP contribution in [-0.2, 0) is 19.6 Å². The molecule has 0 spiro atoms. The molecule has 2 rings (SSSR count). The highest BCUT2D eigenvalue weighted by molar-refractivity contribution is 7.92. The number of carbonyl (C=O) groups is 2. The van der Waals surface area contributed by atoms with Crippen LogP contribution in [0.4, 0.5) is 5.69 Å². The van der Waals surface area contributed by atoms with Crippen molar-refractivity contribution in [3.63, 3.8) is 0 Å². The molecular formula is C17H24ClN3O4S. The predicted molar refractivity (Wildman–Crippen MR) is 101 cm³/mol. The third-order valence-electron chi connectivity index (χ3n) is 4.50. The number of amides is 2. The number of hydrogen-bond donors (Lipinski definition) is 1. The van der Waals surface area contributed by atoms with E-state index in [-0.39, 0.29) is 30.7 Å². The minimum atomic E-state index is -3.48. The summed E-state index contributed by atoms with van der Waals surface area (Å²) in [4.78, 5) is 25.2. The first kappa shape index (κ1) is 20.5. The summed E-state index contributed by atoms with van der Waals surface area (Å²) in [5.41, 5.74) is 5.78. The molecule has 0 atom stereocenters. The van der Waals surface area contributed by atoms with Crippen molar-refractivity contribution >= 4 is 39.1 Å². The summed E-state index contributed by atoms with van der Waals surface area (Å²) in [7, 11) is -3.48. The Morgan fingerprint density at radius 2 is 1.96 bits per heavy atom. The van der Waals surface area contributed by atoms with Gasteiger partial charge in [-0.15, -0.1) is 0 Å². The smallest absolute Gasteiger partial charge is 0.232 e. The molecule has 0 radical (unpaired) electrons. The summed E-state index contributed by atoms with van der Waals surface area (Å²) in [6, 6.07) is 6.61. The first-order chi connectivity index (χ1) is 12.2. The van der Waals surface area contributed by atoms with E-state index in [1.807, 2.05) is 0 Å². The molecule has 1 aliphatic heterocycles. The lowest BCUT2D eigenvalue weighted by atomic mass is 9.96. The van der Waals surface area contributed by atoms with E-state index < -0.39 is 10.0 Å². The second kappa shape index (κ2) is 8.73. The van der Waals surface area contributed by atoms with Gasteiger partial charge in [0.05, 0.1) is 11.9 Å². The third kappa shape index (κ3) is 5.60. The highest BCUT2D eigenvalue weighted by Crippen LogP contribution is 2.23. The van der Waals surface area contributed by atoms with Crippen molar-refractivity contribution in [1.82, 2.24) is 4.90 Å². The van der Waals surface area contributed by atoms with E-state index in [2.05, 4.69) is 0 Å². The number of carbonyl (C=O) groups excluding carboxylic acids is 2. The Kier molecular flexibility index (Phi) is 6.88. The number of halogens is 1. The summed E-state index contributed by atoms with van der Waals surface area (Å²) < 4.78 is 25.4. The zero-order valence-corrected chi connectivity index (χ0v) is 16.3. The van der Waals surface area contributed by atoms with Crippen LogP contribution in [0, 0.1) is 5.92 Å². The lowest BCUT2D eigenvalue weighted by Gasteiger charge is -2.31. The largest absolute Gasteiger partial charge is 0.369 e. The van der Waals surface area contributed by atoms with Crippen LogP contribution in [0.5, 0.6) is 0 Å². The first-order valence-electron chi connectivity index (χ1n) is 8.49. The number of primary amides is 1. The van der Waals surface area contributed by atoms with Crippen molar-refractivity contribution in [2.24, 2.45) is 11.7 Å². The van der Waals surface area contributed by atoms with Crippen molar-refractivity contribution in [3.8, 4) is 0 Å². The van der Waals surface area contributed by atoms with E-state index in [9.17, 15) is 18.0 Å². The Labute approximate surface area is 159 Å². The van der Waals surface area contributed by atoms with Gasteiger partial charge in [0, 0.05) is 37.0 Å². The molecular weight excluding hydrogens is 378 g/mol. The first-order valence-corrected chi connectivity index (χ1v) is 10.7. The minimum Gasteiger partial charge on any atom is -0.369 e. The van der Waals surface area contributed by atoms with E-state index in [0.29, 0.717) is 43.1 Å². The van der Waals surface area contributed by atoms with Crippen LogP contribution in [0.25, 0.3) is 0 Å². The second-order valence-corrected chi connectivity index (χ2v) is 8.82. The maximum atomic E-state index is 12.3. The van der Waals surface area contributed by atoms with Crippen molar-refractivity contribution < 1.29 is 18.0 Å². The molecule has 7 nitrogen and oxygen atoms in total. The van der Waals surface area contributed by atoms with Crippen LogP contribution in [-0.4, -0.2) is 51.0 Å². The lowest BCUT2D eigenvalue weighted by Crippen LogP contribution is -2.42. The molecule has 0 aliphatic carbocycles. The molecule has 2 amide bonds. The van der Waals surface area contributed by atoms with Crippen LogP contribution in [0.3, 0.4) is 0 Å². The molecule has 1 aromatic carbocycles. The van der Waals surface area contributed by atoms with E-state index in [1.54, 1.807) is 29.2 Å². The fraction of sp³-hybridized carbons (Fsp3) is 0.529. The number of anilines is 1. The minimum absolute atomic E-state index is 0.0348. The molecule has 1 heterocycles. The molecule has 0 unspecified atom stereocenters. The van der Waals surface area contributed by atoms with Gasteiger partial charge in [-0.3, -0.25) is 13.9 Å². The standard InChI is InChI=1S/C17H24ClN3O4S/c1-26(24,25)21(15-5-2-4-14(18)12-15)9-3-6-16(22)20-10-7-13(8-11-20)17(19)23/h2,4-5,12-13H,3,6-11H2,1H3,(H2,19,23). The van der Waals surface area contributed by atoms with Gasteiger partial charge in [0.25, 0.3) is 0 Å². The van der Waals surface area contributed by atoms with Gasteiger partial charge in [0.2, 0.25) is 21.8 Å². The Balaban J connectivity index is 1.90. The topological polar surface area (TPSA) is 101 Å². The molecule has 1 saturated heterocycles. The van der Waals surface area contributed by atoms with Crippen LogP contribution in [0.2, 0.25) is 5.02 Å². The molecule has 26 heavy (non-hydrogen) atoms. The zero-order chi connectivity index (χ0) is 19.3. The van der Waals surface area contributed by atoms with Gasteiger partial charge < -0.3 is 10.6 Å². The molecule has 2 N–H and O–H groups in total. The number of sulfonamides is 1. The van der Waals surface area contributed by atoms with Gasteiger partial charge in [-0.2, -0.15) is 0 Å². The maximum Gasteiger partial charge on any atom is 0.232 e. The molecule has 9 heteroatoms. The van der Waals surface area contributed by atoms with Gasteiger partial charge in [0.15, 0.2) is 0 Å². The summed E-state index contributed by atoms with van der Waals surface area (Å²) >= 11 is 5.94. The van der Waals surface area contributed by atoms with Gasteiger partial charge >= 0.3 is 0 Å². The number of hydrogen-bond acceptors (Lipinski definition) is 4. The quantitative estimate of drug-likeness (QED) is 0.749.